The summed E-state index contributed by atoms with van der Waals surface area (Å²) < 4.78 is 7.82. The molecule has 5 rings (SSSR count). The number of primary amides is 1. The first kappa shape index (κ1) is 22.5. The third-order valence-corrected chi connectivity index (χ3v) is 6.72. The predicted molar refractivity (Wildman–Crippen MR) is 129 cm³/mol. The Bertz CT molecular complexity index is 1100. The highest BCUT2D eigenvalue weighted by Gasteiger charge is 2.29. The Labute approximate surface area is 199 Å². The summed E-state index contributed by atoms with van der Waals surface area (Å²) in [7, 11) is 0. The van der Waals surface area contributed by atoms with Crippen LogP contribution in [0.15, 0.2) is 48.7 Å². The average molecular weight is 462 g/mol. The van der Waals surface area contributed by atoms with Crippen LogP contribution in [0.5, 0.6) is 0 Å². The molecular formula is C25H31N7O2. The monoisotopic (exact) mass is 461 g/mol. The fourth-order valence-corrected chi connectivity index (χ4v) is 4.86. The lowest BCUT2D eigenvalue weighted by Crippen LogP contribution is -2.37. The van der Waals surface area contributed by atoms with Crippen molar-refractivity contribution in [3.05, 3.63) is 71.4 Å². The largest absolute Gasteiger partial charge is 0.379 e. The third-order valence-electron chi connectivity index (χ3n) is 6.72. The van der Waals surface area contributed by atoms with Crippen molar-refractivity contribution in [2.24, 2.45) is 5.73 Å². The van der Waals surface area contributed by atoms with Crippen molar-refractivity contribution in [1.82, 2.24) is 24.6 Å². The number of carbonyl (C=O) groups excluding carboxylic acids is 1. The van der Waals surface area contributed by atoms with Gasteiger partial charge in [-0.1, -0.05) is 30.3 Å². The van der Waals surface area contributed by atoms with Gasteiger partial charge in [-0.25, -0.2) is 4.98 Å². The molecule has 0 radical (unpaired) electrons. The van der Waals surface area contributed by atoms with Gasteiger partial charge in [0.25, 0.3) is 5.91 Å². The van der Waals surface area contributed by atoms with E-state index in [0.717, 1.165) is 77.0 Å². The van der Waals surface area contributed by atoms with Gasteiger partial charge in [0, 0.05) is 38.3 Å². The smallest absolute Gasteiger partial charge is 0.252 e. The number of nitrogens with zero attached hydrogens (tertiary/aromatic N) is 6. The van der Waals surface area contributed by atoms with Crippen LogP contribution in [-0.4, -0.2) is 69.9 Å². The van der Waals surface area contributed by atoms with Gasteiger partial charge in [-0.3, -0.25) is 9.69 Å². The molecule has 2 fully saturated rings. The predicted octanol–water partition coefficient (Wildman–Crippen LogP) is 2.04. The van der Waals surface area contributed by atoms with Gasteiger partial charge in [-0.05, 0) is 30.5 Å². The zero-order chi connectivity index (χ0) is 23.3. The van der Waals surface area contributed by atoms with E-state index >= 15 is 0 Å². The van der Waals surface area contributed by atoms with E-state index in [1.807, 2.05) is 6.07 Å². The molecule has 0 bridgehead atoms. The van der Waals surface area contributed by atoms with E-state index in [1.54, 1.807) is 18.3 Å². The summed E-state index contributed by atoms with van der Waals surface area (Å²) in [6.45, 7) is 6.47. The van der Waals surface area contributed by atoms with Crippen LogP contribution < -0.4 is 10.6 Å². The quantitative estimate of drug-likeness (QED) is 0.574. The molecule has 1 aromatic carbocycles. The minimum Gasteiger partial charge on any atom is -0.379 e. The summed E-state index contributed by atoms with van der Waals surface area (Å²) in [6, 6.07) is 14.0. The molecule has 2 N–H and O–H groups in total. The van der Waals surface area contributed by atoms with Crippen molar-refractivity contribution < 1.29 is 9.53 Å². The normalized spacial score (nSPS) is 17.7. The number of morpholine rings is 1. The second-order valence-corrected chi connectivity index (χ2v) is 8.93. The number of piperidine rings is 1. The van der Waals surface area contributed by atoms with Crippen molar-refractivity contribution in [2.45, 2.75) is 31.8 Å². The van der Waals surface area contributed by atoms with Gasteiger partial charge in [0.2, 0.25) is 0 Å². The van der Waals surface area contributed by atoms with Crippen molar-refractivity contribution in [2.75, 3.05) is 44.3 Å². The summed E-state index contributed by atoms with van der Waals surface area (Å²) in [5.41, 5.74) is 7.29. The average Bonchev–Trinajstić information content (AvgIpc) is 3.27. The molecule has 2 saturated heterocycles. The molecule has 9 nitrogen and oxygen atoms in total. The summed E-state index contributed by atoms with van der Waals surface area (Å²) in [4.78, 5) is 20.8. The molecule has 4 heterocycles. The summed E-state index contributed by atoms with van der Waals surface area (Å²) in [5, 5.41) is 9.33. The Kier molecular flexibility index (Phi) is 6.82. The second kappa shape index (κ2) is 10.3. The Morgan fingerprint density at radius 3 is 2.47 bits per heavy atom. The molecule has 9 heteroatoms. The molecule has 2 aromatic heterocycles. The fourth-order valence-electron chi connectivity index (χ4n) is 4.86. The molecule has 0 saturated carbocycles. The van der Waals surface area contributed by atoms with Crippen molar-refractivity contribution in [3.63, 3.8) is 0 Å². The molecule has 2 aliphatic heterocycles. The number of pyridine rings is 1. The molecule has 0 unspecified atom stereocenters. The fraction of sp³-hybridized carbons (Fsp3) is 0.440. The third kappa shape index (κ3) is 4.95. The van der Waals surface area contributed by atoms with Gasteiger partial charge < -0.3 is 19.9 Å². The molecule has 178 valence electrons. The number of nitrogens with two attached hydrogens (primary N) is 1. The zero-order valence-corrected chi connectivity index (χ0v) is 19.3. The number of aromatic nitrogens is 4. The standard InChI is InChI=1S/C25H31N7O2/c26-23(33)21-7-4-10-27-25(21)31-11-8-20(9-12-31)24-29-28-22(18-30-13-15-34-16-14-30)32(24)17-19-5-2-1-3-6-19/h1-7,10,20H,8-9,11-18H2,(H2,26,33). The molecule has 3 aromatic rings. The van der Waals surface area contributed by atoms with Crippen molar-refractivity contribution in [3.8, 4) is 0 Å². The molecule has 0 aliphatic carbocycles. The highest BCUT2D eigenvalue weighted by atomic mass is 16.5. The molecule has 0 spiro atoms. The Morgan fingerprint density at radius 1 is 0.971 bits per heavy atom. The highest BCUT2D eigenvalue weighted by Crippen LogP contribution is 2.31. The molecule has 0 atom stereocenters. The summed E-state index contributed by atoms with van der Waals surface area (Å²) >= 11 is 0. The van der Waals surface area contributed by atoms with Crippen LogP contribution in [0, 0.1) is 0 Å². The van der Waals surface area contributed by atoms with Crippen LogP contribution in [0.25, 0.3) is 0 Å². The van der Waals surface area contributed by atoms with E-state index in [0.29, 0.717) is 17.3 Å². The number of hydrogen-bond acceptors (Lipinski definition) is 7. The highest BCUT2D eigenvalue weighted by molar-refractivity contribution is 5.97. The topological polar surface area (TPSA) is 102 Å². The second-order valence-electron chi connectivity index (χ2n) is 8.93. The molecule has 34 heavy (non-hydrogen) atoms. The zero-order valence-electron chi connectivity index (χ0n) is 19.3. The van der Waals surface area contributed by atoms with E-state index in [2.05, 4.69) is 48.7 Å². The first-order valence-corrected chi connectivity index (χ1v) is 11.9. The van der Waals surface area contributed by atoms with Crippen LogP contribution in [0.2, 0.25) is 0 Å². The van der Waals surface area contributed by atoms with Crippen LogP contribution in [-0.2, 0) is 17.8 Å². The van der Waals surface area contributed by atoms with E-state index < -0.39 is 5.91 Å². The number of amides is 1. The number of benzene rings is 1. The number of hydrogen-bond donors (Lipinski definition) is 1. The van der Waals surface area contributed by atoms with Gasteiger partial charge in [-0.15, -0.1) is 10.2 Å². The van der Waals surface area contributed by atoms with Crippen molar-refractivity contribution in [1.29, 1.82) is 0 Å². The van der Waals surface area contributed by atoms with Crippen LogP contribution in [0.4, 0.5) is 5.82 Å². The Morgan fingerprint density at radius 2 is 1.74 bits per heavy atom. The number of rotatable bonds is 7. The van der Waals surface area contributed by atoms with Gasteiger partial charge in [0.15, 0.2) is 0 Å². The minimum atomic E-state index is -0.444. The van der Waals surface area contributed by atoms with E-state index in [-0.39, 0.29) is 0 Å². The number of anilines is 1. The summed E-state index contributed by atoms with van der Waals surface area (Å²) in [6.07, 6.45) is 3.54. The van der Waals surface area contributed by atoms with Crippen LogP contribution >= 0.6 is 0 Å². The van der Waals surface area contributed by atoms with Gasteiger partial charge >= 0.3 is 0 Å². The molecular weight excluding hydrogens is 430 g/mol. The molecule has 1 amide bonds. The lowest BCUT2D eigenvalue weighted by atomic mass is 9.95. The maximum absolute atomic E-state index is 11.9. The number of carbonyl (C=O) groups is 1. The SMILES string of the molecule is NC(=O)c1cccnc1N1CCC(c2nnc(CN3CCOCC3)n2Cc2ccccc2)CC1. The van der Waals surface area contributed by atoms with Gasteiger partial charge in [-0.2, -0.15) is 0 Å². The Hall–Kier alpha value is -3.30. The van der Waals surface area contributed by atoms with E-state index in [4.69, 9.17) is 15.6 Å². The van der Waals surface area contributed by atoms with Gasteiger partial charge in [0.1, 0.15) is 17.5 Å². The maximum Gasteiger partial charge on any atom is 0.252 e. The first-order valence-electron chi connectivity index (χ1n) is 11.9. The van der Waals surface area contributed by atoms with Crippen LogP contribution in [0.1, 0.15) is 46.3 Å². The lowest BCUT2D eigenvalue weighted by molar-refractivity contribution is 0.0325. The van der Waals surface area contributed by atoms with Crippen molar-refractivity contribution >= 4 is 11.7 Å². The summed E-state index contributed by atoms with van der Waals surface area (Å²) in [5.74, 6) is 2.58. The number of ether oxygens (including phenoxy) is 1. The maximum atomic E-state index is 11.9. The first-order chi connectivity index (χ1) is 16.7. The van der Waals surface area contributed by atoms with E-state index in [9.17, 15) is 4.79 Å². The molecule has 2 aliphatic rings. The minimum absolute atomic E-state index is 0.298. The van der Waals surface area contributed by atoms with Gasteiger partial charge in [0.05, 0.1) is 31.9 Å². The van der Waals surface area contributed by atoms with Crippen LogP contribution in [0.3, 0.4) is 0 Å². The lowest BCUT2D eigenvalue weighted by Gasteiger charge is -2.33. The Balaban J connectivity index is 1.35. The van der Waals surface area contributed by atoms with E-state index in [1.165, 1.54) is 5.56 Å².